The third-order valence-electron chi connectivity index (χ3n) is 6.96. The maximum Gasteiger partial charge on any atom is 2.00 e. The Kier molecular flexibility index (Phi) is 6.32. The largest absolute Gasteiger partial charge is 2.00 e. The molecule has 0 saturated heterocycles. The Bertz CT molecular complexity index is 1970. The second-order valence-electron chi connectivity index (χ2n) is 9.67. The smallest absolute Gasteiger partial charge is 0.503 e. The summed E-state index contributed by atoms with van der Waals surface area (Å²) in [6, 6.07) is 31.4. The van der Waals surface area contributed by atoms with Crippen molar-refractivity contribution in [1.82, 2.24) is 19.2 Å². The molecule has 0 aliphatic carbocycles. The monoisotopic (exact) mass is 687 g/mol. The molecular weight excluding hydrogens is 663 g/mol. The number of fused-ring (bicyclic) bond motifs is 6. The molecule has 5 nitrogen and oxygen atoms in total. The first-order valence-electron chi connectivity index (χ1n) is 12.6. The van der Waals surface area contributed by atoms with Gasteiger partial charge in [0.2, 0.25) is 0 Å². The minimum absolute atomic E-state index is 0. The number of ether oxygens (including phenoxy) is 1. The minimum Gasteiger partial charge on any atom is -0.503 e. The van der Waals surface area contributed by atoms with Crippen LogP contribution in [0.4, 0.5) is 0 Å². The number of benzene rings is 4. The zero-order valence-corrected chi connectivity index (χ0v) is 23.9. The predicted molar refractivity (Wildman–Crippen MR) is 151 cm³/mol. The van der Waals surface area contributed by atoms with Gasteiger partial charge < -0.3 is 9.14 Å². The van der Waals surface area contributed by atoms with Gasteiger partial charge in [-0.15, -0.1) is 30.3 Å². The number of para-hydroxylation sites is 1. The normalized spacial score (nSPS) is 11.3. The molecule has 6 heteroatoms. The van der Waals surface area contributed by atoms with Gasteiger partial charge in [0.15, 0.2) is 0 Å². The average molecular weight is 688 g/mol. The van der Waals surface area contributed by atoms with Gasteiger partial charge in [-0.1, -0.05) is 52.7 Å². The second-order valence-corrected chi connectivity index (χ2v) is 9.67. The molecule has 4 aromatic carbocycles. The molecule has 0 aliphatic heterocycles. The summed E-state index contributed by atoms with van der Waals surface area (Å²) in [6.45, 7) is 6.44. The van der Waals surface area contributed by atoms with Crippen LogP contribution >= 0.6 is 0 Å². The van der Waals surface area contributed by atoms with Crippen LogP contribution < -0.4 is 4.74 Å². The van der Waals surface area contributed by atoms with Gasteiger partial charge in [0.25, 0.3) is 0 Å². The van der Waals surface area contributed by atoms with Gasteiger partial charge in [0, 0.05) is 41.2 Å². The molecule has 0 saturated carbocycles. The molecule has 0 amide bonds. The van der Waals surface area contributed by atoms with Gasteiger partial charge in [0.1, 0.15) is 0 Å². The molecule has 7 rings (SSSR count). The first-order valence-corrected chi connectivity index (χ1v) is 12.6. The summed E-state index contributed by atoms with van der Waals surface area (Å²) >= 11 is 0. The third-order valence-corrected chi connectivity index (χ3v) is 6.96. The Balaban J connectivity index is 0.00000277. The Morgan fingerprint density at radius 3 is 2.38 bits per heavy atom. The van der Waals surface area contributed by atoms with E-state index in [4.69, 9.17) is 9.72 Å². The number of nitrogens with zero attached hydrogens (tertiary/aromatic N) is 4. The standard InChI is InChI=1S/C33H24N4O.Pt/c1-21-16-22(2)32(23(3)17-21)30-20-36-31-11-5-4-10-28(31)27-13-12-26(19-29(27)33(36)35-30)38-25-9-6-8-24(18-25)37-15-7-14-34-37;/h4-17,20H,1-3H3;/q-2;+2. The average Bonchev–Trinajstić information content (AvgIpc) is 3.60. The van der Waals surface area contributed by atoms with E-state index >= 15 is 0 Å². The third kappa shape index (κ3) is 4.33. The van der Waals surface area contributed by atoms with Crippen molar-refractivity contribution in [3.05, 3.63) is 120 Å². The van der Waals surface area contributed by atoms with E-state index in [0.717, 1.165) is 38.7 Å². The molecule has 0 aliphatic rings. The molecule has 0 unspecified atom stereocenters. The van der Waals surface area contributed by atoms with E-state index in [0.29, 0.717) is 11.5 Å². The number of pyridine rings is 1. The van der Waals surface area contributed by atoms with E-state index < -0.39 is 0 Å². The number of hydrogen-bond donors (Lipinski definition) is 0. The van der Waals surface area contributed by atoms with Crippen molar-refractivity contribution in [3.63, 3.8) is 0 Å². The molecule has 0 atom stereocenters. The quantitative estimate of drug-likeness (QED) is 0.140. The van der Waals surface area contributed by atoms with E-state index in [9.17, 15) is 0 Å². The fraction of sp³-hybridized carbons (Fsp3) is 0.0909. The molecule has 0 radical (unpaired) electrons. The fourth-order valence-electron chi connectivity index (χ4n) is 5.45. The van der Waals surface area contributed by atoms with Crippen molar-refractivity contribution < 1.29 is 25.8 Å². The van der Waals surface area contributed by atoms with Crippen LogP contribution in [0.1, 0.15) is 16.7 Å². The van der Waals surface area contributed by atoms with E-state index in [1.807, 2.05) is 36.5 Å². The van der Waals surface area contributed by atoms with Crippen LogP contribution in [0.5, 0.6) is 11.5 Å². The van der Waals surface area contributed by atoms with Gasteiger partial charge in [-0.05, 0) is 55.1 Å². The summed E-state index contributed by atoms with van der Waals surface area (Å²) in [7, 11) is 0. The topological polar surface area (TPSA) is 44.4 Å². The molecular formula is C33H24N4OPt. The maximum atomic E-state index is 6.24. The van der Waals surface area contributed by atoms with Crippen LogP contribution in [0.25, 0.3) is 44.3 Å². The van der Waals surface area contributed by atoms with Crippen molar-refractivity contribution in [1.29, 1.82) is 0 Å². The molecule has 3 heterocycles. The van der Waals surface area contributed by atoms with Crippen LogP contribution in [-0.4, -0.2) is 19.2 Å². The summed E-state index contributed by atoms with van der Waals surface area (Å²) in [5.74, 6) is 1.20. The van der Waals surface area contributed by atoms with E-state index in [2.05, 4.69) is 91.1 Å². The summed E-state index contributed by atoms with van der Waals surface area (Å²) in [4.78, 5) is 5.17. The van der Waals surface area contributed by atoms with E-state index in [1.165, 1.54) is 22.3 Å². The predicted octanol–water partition coefficient (Wildman–Crippen LogP) is 7.81. The second kappa shape index (κ2) is 9.83. The minimum atomic E-state index is 0. The molecule has 192 valence electrons. The summed E-state index contributed by atoms with van der Waals surface area (Å²) in [5, 5.41) is 7.44. The number of aromatic nitrogens is 4. The van der Waals surface area contributed by atoms with Crippen LogP contribution in [0.2, 0.25) is 0 Å². The SMILES string of the molecule is Cc1cc(C)c(-c2cn3c4ccccc4c4ccc(Oc5[c-]c(-n6cccn6)ccc5)[c-]c4c3n2)c(C)c1.[Pt+2]. The van der Waals surface area contributed by atoms with Crippen LogP contribution in [0.15, 0.2) is 91.4 Å². The molecule has 0 spiro atoms. The summed E-state index contributed by atoms with van der Waals surface area (Å²) < 4.78 is 10.2. The van der Waals surface area contributed by atoms with Gasteiger partial charge in [-0.2, -0.15) is 11.2 Å². The van der Waals surface area contributed by atoms with Crippen molar-refractivity contribution in [3.8, 4) is 28.4 Å². The van der Waals surface area contributed by atoms with Crippen molar-refractivity contribution >= 4 is 27.3 Å². The van der Waals surface area contributed by atoms with Crippen molar-refractivity contribution in [2.45, 2.75) is 20.8 Å². The first kappa shape index (κ1) is 25.1. The zero-order valence-electron chi connectivity index (χ0n) is 21.7. The Morgan fingerprint density at radius 2 is 1.59 bits per heavy atom. The van der Waals surface area contributed by atoms with E-state index in [-0.39, 0.29) is 21.1 Å². The Labute approximate surface area is 241 Å². The van der Waals surface area contributed by atoms with Crippen LogP contribution in [0.3, 0.4) is 0 Å². The first-order chi connectivity index (χ1) is 18.5. The molecule has 39 heavy (non-hydrogen) atoms. The van der Waals surface area contributed by atoms with Crippen molar-refractivity contribution in [2.24, 2.45) is 0 Å². The van der Waals surface area contributed by atoms with Crippen LogP contribution in [0, 0.1) is 32.9 Å². The number of rotatable bonds is 4. The van der Waals surface area contributed by atoms with Gasteiger partial charge in [-0.3, -0.25) is 9.67 Å². The molecule has 7 aromatic rings. The number of imidazole rings is 1. The molecule has 0 fully saturated rings. The fourth-order valence-corrected chi connectivity index (χ4v) is 5.45. The van der Waals surface area contributed by atoms with Gasteiger partial charge in [-0.25, -0.2) is 0 Å². The number of aryl methyl sites for hydroxylation is 3. The Morgan fingerprint density at radius 1 is 0.795 bits per heavy atom. The Hall–Kier alpha value is -4.21. The molecule has 0 N–H and O–H groups in total. The van der Waals surface area contributed by atoms with Crippen LogP contribution in [-0.2, 0) is 21.1 Å². The summed E-state index contributed by atoms with van der Waals surface area (Å²) in [6.07, 6.45) is 5.77. The maximum absolute atomic E-state index is 6.24. The van der Waals surface area contributed by atoms with E-state index in [1.54, 1.807) is 10.9 Å². The molecule has 0 bridgehead atoms. The van der Waals surface area contributed by atoms with Gasteiger partial charge in [0.05, 0.1) is 11.3 Å². The molecule has 3 aromatic heterocycles. The summed E-state index contributed by atoms with van der Waals surface area (Å²) in [5.41, 5.74) is 8.61. The zero-order chi connectivity index (χ0) is 25.8. The van der Waals surface area contributed by atoms with Gasteiger partial charge >= 0.3 is 21.1 Å². The number of hydrogen-bond acceptors (Lipinski definition) is 3. The van der Waals surface area contributed by atoms with Crippen molar-refractivity contribution in [2.75, 3.05) is 0 Å².